The lowest BCUT2D eigenvalue weighted by Gasteiger charge is -2.22. The Bertz CT molecular complexity index is 931. The summed E-state index contributed by atoms with van der Waals surface area (Å²) < 4.78 is 8.55. The SMILES string of the molecule is CC1=C(C(CNC(=O)C2=Nc3ccccc3SN2)c2ncco2)C=CCC1. The molecule has 2 aliphatic rings. The number of aromatic nitrogens is 1. The number of carbonyl (C=O) groups excluding carboxylic acids is 1. The molecule has 1 aliphatic carbocycles. The smallest absolute Gasteiger partial charge is 0.287 e. The van der Waals surface area contributed by atoms with Crippen LogP contribution in [-0.2, 0) is 4.79 Å². The molecule has 0 spiro atoms. The van der Waals surface area contributed by atoms with Crippen LogP contribution in [0.25, 0.3) is 0 Å². The monoisotopic (exact) mass is 380 g/mol. The third-order valence-corrected chi connectivity index (χ3v) is 5.50. The quantitative estimate of drug-likeness (QED) is 0.770. The summed E-state index contributed by atoms with van der Waals surface area (Å²) in [5.41, 5.74) is 3.25. The van der Waals surface area contributed by atoms with Gasteiger partial charge in [0.05, 0.1) is 22.7 Å². The average Bonchev–Trinajstić information content (AvgIpc) is 3.23. The molecule has 138 valence electrons. The Morgan fingerprint density at radius 3 is 3.11 bits per heavy atom. The maximum absolute atomic E-state index is 12.6. The van der Waals surface area contributed by atoms with Crippen LogP contribution in [-0.4, -0.2) is 23.3 Å². The van der Waals surface area contributed by atoms with Gasteiger partial charge in [-0.25, -0.2) is 9.98 Å². The molecule has 2 aromatic rings. The van der Waals surface area contributed by atoms with Gasteiger partial charge in [-0.1, -0.05) is 29.9 Å². The molecule has 2 N–H and O–H groups in total. The molecule has 7 heteroatoms. The highest BCUT2D eigenvalue weighted by molar-refractivity contribution is 7.98. The van der Waals surface area contributed by atoms with Gasteiger partial charge in [0.1, 0.15) is 6.26 Å². The van der Waals surface area contributed by atoms with Crippen LogP contribution in [0.1, 0.15) is 31.6 Å². The molecule has 1 atom stereocenters. The van der Waals surface area contributed by atoms with Gasteiger partial charge in [0.2, 0.25) is 11.7 Å². The summed E-state index contributed by atoms with van der Waals surface area (Å²) in [6, 6.07) is 7.72. The van der Waals surface area contributed by atoms with Crippen LogP contribution >= 0.6 is 11.9 Å². The van der Waals surface area contributed by atoms with Gasteiger partial charge in [0, 0.05) is 6.54 Å². The number of benzene rings is 1. The third kappa shape index (κ3) is 3.83. The number of nitrogens with zero attached hydrogens (tertiary/aromatic N) is 2. The van der Waals surface area contributed by atoms with Crippen molar-refractivity contribution in [3.05, 3.63) is 65.9 Å². The number of allylic oxidation sites excluding steroid dienone is 3. The minimum absolute atomic E-state index is 0.121. The van der Waals surface area contributed by atoms with Crippen molar-refractivity contribution >= 4 is 29.4 Å². The first-order valence-electron chi connectivity index (χ1n) is 8.86. The Labute approximate surface area is 162 Å². The lowest BCUT2D eigenvalue weighted by Crippen LogP contribution is -2.40. The lowest BCUT2D eigenvalue weighted by molar-refractivity contribution is -0.115. The standard InChI is InChI=1S/C20H20N4O2S/c1-13-6-2-3-7-14(13)15(20-21-10-11-26-20)12-22-19(25)18-23-16-8-4-5-9-17(16)27-24-18/h3-5,7-11,15H,2,6,12H2,1H3,(H,22,25)(H,23,24). The number of aliphatic imine (C=N–C) groups is 1. The zero-order chi connectivity index (χ0) is 18.6. The number of hydrogen-bond donors (Lipinski definition) is 2. The summed E-state index contributed by atoms with van der Waals surface area (Å²) in [5.74, 6) is 0.542. The van der Waals surface area contributed by atoms with Crippen molar-refractivity contribution < 1.29 is 9.21 Å². The summed E-state index contributed by atoms with van der Waals surface area (Å²) in [7, 11) is 0. The van der Waals surface area contributed by atoms with Crippen LogP contribution in [0.2, 0.25) is 0 Å². The molecule has 1 aliphatic heterocycles. The van der Waals surface area contributed by atoms with E-state index < -0.39 is 0 Å². The number of amidine groups is 1. The van der Waals surface area contributed by atoms with E-state index in [1.807, 2.05) is 24.3 Å². The Morgan fingerprint density at radius 1 is 1.41 bits per heavy atom. The zero-order valence-electron chi connectivity index (χ0n) is 14.9. The fourth-order valence-electron chi connectivity index (χ4n) is 3.21. The van der Waals surface area contributed by atoms with Crippen LogP contribution in [0.4, 0.5) is 5.69 Å². The van der Waals surface area contributed by atoms with E-state index in [9.17, 15) is 4.79 Å². The molecule has 4 rings (SSSR count). The normalized spacial score (nSPS) is 17.0. The zero-order valence-corrected chi connectivity index (χ0v) is 15.8. The van der Waals surface area contributed by atoms with E-state index in [0.29, 0.717) is 18.3 Å². The number of carbonyl (C=O) groups is 1. The fraction of sp³-hybridized carbons (Fsp3) is 0.250. The first-order valence-corrected chi connectivity index (χ1v) is 9.68. The van der Waals surface area contributed by atoms with Crippen LogP contribution in [0.3, 0.4) is 0 Å². The highest BCUT2D eigenvalue weighted by Gasteiger charge is 2.25. The molecule has 0 bridgehead atoms. The number of fused-ring (bicyclic) bond motifs is 1. The molecule has 1 unspecified atom stereocenters. The largest absolute Gasteiger partial charge is 0.448 e. The lowest BCUT2D eigenvalue weighted by atomic mass is 9.88. The molecule has 27 heavy (non-hydrogen) atoms. The second kappa shape index (κ2) is 7.84. The molecular weight excluding hydrogens is 360 g/mol. The molecule has 0 radical (unpaired) electrons. The second-order valence-corrected chi connectivity index (χ2v) is 7.29. The van der Waals surface area contributed by atoms with Gasteiger partial charge in [-0.05, 0) is 49.4 Å². The van der Waals surface area contributed by atoms with E-state index in [1.54, 1.807) is 12.5 Å². The molecule has 6 nitrogen and oxygen atoms in total. The first-order chi connectivity index (χ1) is 13.2. The molecule has 0 saturated heterocycles. The molecule has 2 heterocycles. The van der Waals surface area contributed by atoms with Crippen molar-refractivity contribution in [2.45, 2.75) is 30.6 Å². The first kappa shape index (κ1) is 17.6. The van der Waals surface area contributed by atoms with Gasteiger partial charge in [-0.15, -0.1) is 0 Å². The van der Waals surface area contributed by atoms with Gasteiger partial charge in [-0.2, -0.15) is 0 Å². The summed E-state index contributed by atoms with van der Waals surface area (Å²) in [6.07, 6.45) is 9.51. The van der Waals surface area contributed by atoms with E-state index in [-0.39, 0.29) is 11.8 Å². The minimum Gasteiger partial charge on any atom is -0.448 e. The number of nitrogens with one attached hydrogen (secondary N) is 2. The number of para-hydroxylation sites is 1. The summed E-state index contributed by atoms with van der Waals surface area (Å²) in [4.78, 5) is 22.4. The van der Waals surface area contributed by atoms with Crippen molar-refractivity contribution in [3.63, 3.8) is 0 Å². The van der Waals surface area contributed by atoms with E-state index in [0.717, 1.165) is 29.0 Å². The highest BCUT2D eigenvalue weighted by atomic mass is 32.2. The van der Waals surface area contributed by atoms with Crippen molar-refractivity contribution in [2.75, 3.05) is 6.54 Å². The van der Waals surface area contributed by atoms with E-state index in [1.165, 1.54) is 17.5 Å². The Kier molecular flexibility index (Phi) is 5.11. The van der Waals surface area contributed by atoms with E-state index >= 15 is 0 Å². The Morgan fingerprint density at radius 2 is 2.30 bits per heavy atom. The number of oxazole rings is 1. The second-order valence-electron chi connectivity index (χ2n) is 6.44. The van der Waals surface area contributed by atoms with Crippen molar-refractivity contribution in [3.8, 4) is 0 Å². The van der Waals surface area contributed by atoms with Crippen molar-refractivity contribution in [1.82, 2.24) is 15.0 Å². The van der Waals surface area contributed by atoms with Crippen LogP contribution in [0, 0.1) is 0 Å². The van der Waals surface area contributed by atoms with Gasteiger partial charge in [0.15, 0.2) is 0 Å². The Hall–Kier alpha value is -2.80. The van der Waals surface area contributed by atoms with E-state index in [2.05, 4.69) is 39.1 Å². The van der Waals surface area contributed by atoms with Crippen LogP contribution in [0.5, 0.6) is 0 Å². The predicted molar refractivity (Wildman–Crippen MR) is 106 cm³/mol. The molecular formula is C20H20N4O2S. The third-order valence-electron chi connectivity index (χ3n) is 4.64. The van der Waals surface area contributed by atoms with Gasteiger partial charge in [0.25, 0.3) is 5.91 Å². The molecule has 1 aromatic carbocycles. The Balaban J connectivity index is 1.51. The van der Waals surface area contributed by atoms with Crippen LogP contribution < -0.4 is 10.0 Å². The van der Waals surface area contributed by atoms with Gasteiger partial charge < -0.3 is 14.5 Å². The topological polar surface area (TPSA) is 79.5 Å². The molecule has 1 amide bonds. The maximum Gasteiger partial charge on any atom is 0.287 e. The number of hydrogen-bond acceptors (Lipinski definition) is 6. The van der Waals surface area contributed by atoms with Crippen molar-refractivity contribution in [2.24, 2.45) is 4.99 Å². The summed E-state index contributed by atoms with van der Waals surface area (Å²) >= 11 is 1.39. The van der Waals surface area contributed by atoms with E-state index in [4.69, 9.17) is 4.42 Å². The molecule has 0 saturated carbocycles. The summed E-state index contributed by atoms with van der Waals surface area (Å²) in [5, 5.41) is 2.98. The van der Waals surface area contributed by atoms with Gasteiger partial charge in [-0.3, -0.25) is 4.79 Å². The fourth-order valence-corrected chi connectivity index (χ4v) is 3.92. The highest BCUT2D eigenvalue weighted by Crippen LogP contribution is 2.32. The molecule has 0 fully saturated rings. The number of amides is 1. The van der Waals surface area contributed by atoms with Crippen molar-refractivity contribution in [1.29, 1.82) is 0 Å². The number of rotatable bonds is 5. The van der Waals surface area contributed by atoms with Gasteiger partial charge >= 0.3 is 0 Å². The average molecular weight is 380 g/mol. The van der Waals surface area contributed by atoms with Crippen LogP contribution in [0.15, 0.2) is 74.3 Å². The maximum atomic E-state index is 12.6. The molecule has 1 aromatic heterocycles. The minimum atomic E-state index is -0.244. The predicted octanol–water partition coefficient (Wildman–Crippen LogP) is 3.88. The summed E-state index contributed by atoms with van der Waals surface area (Å²) in [6.45, 7) is 2.51.